The van der Waals surface area contributed by atoms with Crippen LogP contribution in [0.5, 0.6) is 0 Å². The summed E-state index contributed by atoms with van der Waals surface area (Å²) < 4.78 is 27.7. The van der Waals surface area contributed by atoms with E-state index in [0.717, 1.165) is 21.6 Å². The van der Waals surface area contributed by atoms with E-state index in [9.17, 15) is 8.42 Å². The summed E-state index contributed by atoms with van der Waals surface area (Å²) in [6.07, 6.45) is 3.49. The monoisotopic (exact) mass is 432 g/mol. The summed E-state index contributed by atoms with van der Waals surface area (Å²) >= 11 is 1.66. The number of aryl methyl sites for hydroxylation is 2. The quantitative estimate of drug-likeness (QED) is 0.629. The van der Waals surface area contributed by atoms with Crippen molar-refractivity contribution in [1.82, 2.24) is 23.6 Å². The van der Waals surface area contributed by atoms with Crippen LogP contribution in [0.25, 0.3) is 21.6 Å². The van der Waals surface area contributed by atoms with Gasteiger partial charge < -0.3 is 4.90 Å². The average Bonchev–Trinajstić information content (AvgIpc) is 3.01. The first-order valence-corrected chi connectivity index (χ1v) is 11.6. The van der Waals surface area contributed by atoms with Gasteiger partial charge in [-0.15, -0.1) is 11.3 Å². The van der Waals surface area contributed by atoms with Gasteiger partial charge in [-0.3, -0.25) is 4.98 Å². The summed E-state index contributed by atoms with van der Waals surface area (Å²) in [5, 5.41) is 1.06. The van der Waals surface area contributed by atoms with Crippen LogP contribution in [0.15, 0.2) is 24.5 Å². The second kappa shape index (κ2) is 7.60. The number of aromatic nitrogens is 3. The van der Waals surface area contributed by atoms with Gasteiger partial charge in [0.2, 0.25) is 0 Å². The number of nitrogens with zero attached hydrogens (tertiary/aromatic N) is 6. The molecule has 29 heavy (non-hydrogen) atoms. The molecule has 4 heterocycles. The molecule has 0 bridgehead atoms. The number of pyridine rings is 1. The maximum absolute atomic E-state index is 12.4. The Balaban J connectivity index is 1.74. The molecule has 1 aliphatic rings. The van der Waals surface area contributed by atoms with Gasteiger partial charge in [-0.05, 0) is 31.5 Å². The Morgan fingerprint density at radius 2 is 1.83 bits per heavy atom. The molecule has 154 valence electrons. The fourth-order valence-corrected chi connectivity index (χ4v) is 5.55. The van der Waals surface area contributed by atoms with E-state index < -0.39 is 10.2 Å². The number of fused-ring (bicyclic) bond motifs is 1. The van der Waals surface area contributed by atoms with Gasteiger partial charge in [-0.2, -0.15) is 17.0 Å². The molecule has 8 nitrogen and oxygen atoms in total. The average molecular weight is 433 g/mol. The molecule has 0 aromatic carbocycles. The smallest absolute Gasteiger partial charge is 0.281 e. The molecule has 10 heteroatoms. The predicted molar refractivity (Wildman–Crippen MR) is 117 cm³/mol. The number of thiophene rings is 1. The molecule has 1 fully saturated rings. The first-order chi connectivity index (χ1) is 13.8. The minimum atomic E-state index is -3.40. The third-order valence-corrected chi connectivity index (χ3v) is 8.30. The summed E-state index contributed by atoms with van der Waals surface area (Å²) in [5.74, 6) is 1.52. The molecule has 1 aliphatic heterocycles. The van der Waals surface area contributed by atoms with Crippen LogP contribution < -0.4 is 4.90 Å². The van der Waals surface area contributed by atoms with Crippen LogP contribution in [-0.4, -0.2) is 72.3 Å². The zero-order valence-corrected chi connectivity index (χ0v) is 18.6. The SMILES string of the molecule is Cc1sc2nc(-c3cccnc3)nc(N3CCN(S(=O)(=O)N(C)C)CC3)c2c1C. The van der Waals surface area contributed by atoms with Crippen molar-refractivity contribution >= 4 is 37.6 Å². The van der Waals surface area contributed by atoms with Crippen LogP contribution in [0.2, 0.25) is 0 Å². The van der Waals surface area contributed by atoms with E-state index in [2.05, 4.69) is 23.7 Å². The van der Waals surface area contributed by atoms with Crippen molar-refractivity contribution < 1.29 is 8.42 Å². The standard InChI is InChI=1S/C19H24N6O2S2/c1-13-14(2)28-19-16(13)18(21-17(22-19)15-6-5-7-20-12-15)24-8-10-25(11-9-24)29(26,27)23(3)4/h5-7,12H,8-11H2,1-4H3. The zero-order chi connectivity index (χ0) is 20.8. The predicted octanol–water partition coefficient (Wildman–Crippen LogP) is 2.30. The maximum Gasteiger partial charge on any atom is 0.281 e. The summed E-state index contributed by atoms with van der Waals surface area (Å²) in [7, 11) is -0.277. The highest BCUT2D eigenvalue weighted by molar-refractivity contribution is 7.86. The van der Waals surface area contributed by atoms with Gasteiger partial charge in [0.15, 0.2) is 5.82 Å². The molecule has 0 aliphatic carbocycles. The van der Waals surface area contributed by atoms with Gasteiger partial charge in [0.05, 0.1) is 5.39 Å². The molecule has 0 atom stereocenters. The molecule has 0 radical (unpaired) electrons. The lowest BCUT2D eigenvalue weighted by molar-refractivity contribution is 0.355. The van der Waals surface area contributed by atoms with Gasteiger partial charge in [-0.25, -0.2) is 9.97 Å². The van der Waals surface area contributed by atoms with E-state index in [4.69, 9.17) is 9.97 Å². The van der Waals surface area contributed by atoms with Gasteiger partial charge in [-0.1, -0.05) is 0 Å². The second-order valence-corrected chi connectivity index (χ2v) is 10.6. The van der Waals surface area contributed by atoms with Crippen LogP contribution >= 0.6 is 11.3 Å². The van der Waals surface area contributed by atoms with Crippen molar-refractivity contribution in [3.8, 4) is 11.4 Å². The topological polar surface area (TPSA) is 82.5 Å². The van der Waals surface area contributed by atoms with Crippen LogP contribution in [-0.2, 0) is 10.2 Å². The Hall–Kier alpha value is -2.14. The number of hydrogen-bond acceptors (Lipinski definition) is 7. The number of rotatable bonds is 4. The Morgan fingerprint density at radius 1 is 1.10 bits per heavy atom. The first-order valence-electron chi connectivity index (χ1n) is 9.39. The molecule has 0 N–H and O–H groups in total. The van der Waals surface area contributed by atoms with Gasteiger partial charge in [0, 0.05) is 63.1 Å². The van der Waals surface area contributed by atoms with E-state index >= 15 is 0 Å². The van der Waals surface area contributed by atoms with Crippen LogP contribution in [0, 0.1) is 13.8 Å². The number of piperazine rings is 1. The Morgan fingerprint density at radius 3 is 2.45 bits per heavy atom. The zero-order valence-electron chi connectivity index (χ0n) is 17.0. The Labute approximate surface area is 175 Å². The second-order valence-electron chi connectivity index (χ2n) is 7.25. The molecule has 0 unspecified atom stereocenters. The lowest BCUT2D eigenvalue weighted by atomic mass is 10.2. The third kappa shape index (κ3) is 3.61. The molecule has 1 saturated heterocycles. The molecular weight excluding hydrogens is 408 g/mol. The summed E-state index contributed by atoms with van der Waals surface area (Å²) in [6.45, 7) is 6.21. The molecular formula is C19H24N6O2S2. The summed E-state index contributed by atoms with van der Waals surface area (Å²) in [5.41, 5.74) is 2.05. The van der Waals surface area contributed by atoms with E-state index in [-0.39, 0.29) is 0 Å². The van der Waals surface area contributed by atoms with Gasteiger partial charge >= 0.3 is 0 Å². The van der Waals surface area contributed by atoms with Crippen molar-refractivity contribution in [2.45, 2.75) is 13.8 Å². The van der Waals surface area contributed by atoms with E-state index in [0.29, 0.717) is 32.0 Å². The van der Waals surface area contributed by atoms with E-state index in [1.165, 1.54) is 19.1 Å². The van der Waals surface area contributed by atoms with Crippen molar-refractivity contribution in [1.29, 1.82) is 0 Å². The van der Waals surface area contributed by atoms with Crippen molar-refractivity contribution in [2.75, 3.05) is 45.2 Å². The third-order valence-electron chi connectivity index (χ3n) is 5.26. The minimum Gasteiger partial charge on any atom is -0.353 e. The highest BCUT2D eigenvalue weighted by atomic mass is 32.2. The maximum atomic E-state index is 12.4. The van der Waals surface area contributed by atoms with Crippen molar-refractivity contribution in [2.24, 2.45) is 0 Å². The molecule has 4 rings (SSSR count). The van der Waals surface area contributed by atoms with Crippen molar-refractivity contribution in [3.05, 3.63) is 35.0 Å². The van der Waals surface area contributed by atoms with E-state index in [1.807, 2.05) is 12.1 Å². The molecule has 0 spiro atoms. The normalized spacial score (nSPS) is 16.1. The van der Waals surface area contributed by atoms with Gasteiger partial charge in [0.1, 0.15) is 10.6 Å². The lowest BCUT2D eigenvalue weighted by Gasteiger charge is -2.36. The first kappa shape index (κ1) is 20.1. The molecule has 0 amide bonds. The Bertz CT molecular complexity index is 1140. The van der Waals surface area contributed by atoms with Crippen molar-refractivity contribution in [3.63, 3.8) is 0 Å². The number of hydrogen-bond donors (Lipinski definition) is 0. The van der Waals surface area contributed by atoms with Crippen LogP contribution in [0.1, 0.15) is 10.4 Å². The number of anilines is 1. The fraction of sp³-hybridized carbons (Fsp3) is 0.421. The minimum absolute atomic E-state index is 0.427. The van der Waals surface area contributed by atoms with Crippen LogP contribution in [0.3, 0.4) is 0 Å². The highest BCUT2D eigenvalue weighted by Gasteiger charge is 2.30. The molecule has 3 aromatic heterocycles. The van der Waals surface area contributed by atoms with E-state index in [1.54, 1.807) is 37.8 Å². The molecule has 3 aromatic rings. The summed E-state index contributed by atoms with van der Waals surface area (Å²) in [4.78, 5) is 18.2. The highest BCUT2D eigenvalue weighted by Crippen LogP contribution is 2.37. The fourth-order valence-electron chi connectivity index (χ4n) is 3.44. The molecule has 0 saturated carbocycles. The Kier molecular flexibility index (Phi) is 5.28. The lowest BCUT2D eigenvalue weighted by Crippen LogP contribution is -2.52. The van der Waals surface area contributed by atoms with Gasteiger partial charge in [0.25, 0.3) is 10.2 Å². The summed E-state index contributed by atoms with van der Waals surface area (Å²) in [6, 6.07) is 3.82. The largest absolute Gasteiger partial charge is 0.353 e. The van der Waals surface area contributed by atoms with Crippen LogP contribution in [0.4, 0.5) is 5.82 Å².